The molecule has 6 heteroatoms. The monoisotopic (exact) mass is 290 g/mol. The van der Waals surface area contributed by atoms with Gasteiger partial charge in [0.25, 0.3) is 5.69 Å². The molecule has 0 bridgehead atoms. The first-order valence-electron chi connectivity index (χ1n) is 7.06. The van der Waals surface area contributed by atoms with Crippen LogP contribution in [-0.4, -0.2) is 23.2 Å². The third-order valence-corrected chi connectivity index (χ3v) is 3.63. The number of carbonyl (C=O) groups is 2. The molecule has 0 fully saturated rings. The van der Waals surface area contributed by atoms with Crippen LogP contribution in [-0.2, 0) is 16.0 Å². The van der Waals surface area contributed by atoms with Crippen LogP contribution in [0.25, 0.3) is 0 Å². The molecule has 0 aliphatic carbocycles. The SMILES string of the molecule is CC(=O)CCCCN1C(=O)CCc2cc([N+](=O)[O-])ccc21. The zero-order chi connectivity index (χ0) is 15.4. The number of hydrogen-bond donors (Lipinski definition) is 0. The van der Waals surface area contributed by atoms with Gasteiger partial charge >= 0.3 is 0 Å². The maximum absolute atomic E-state index is 12.0. The topological polar surface area (TPSA) is 80.5 Å². The van der Waals surface area contributed by atoms with Gasteiger partial charge < -0.3 is 9.69 Å². The van der Waals surface area contributed by atoms with Gasteiger partial charge in [-0.3, -0.25) is 14.9 Å². The molecule has 6 nitrogen and oxygen atoms in total. The Morgan fingerprint density at radius 2 is 2.10 bits per heavy atom. The highest BCUT2D eigenvalue weighted by molar-refractivity contribution is 5.96. The van der Waals surface area contributed by atoms with Crippen molar-refractivity contribution in [3.63, 3.8) is 0 Å². The fourth-order valence-electron chi connectivity index (χ4n) is 2.55. The van der Waals surface area contributed by atoms with Crippen LogP contribution >= 0.6 is 0 Å². The van der Waals surface area contributed by atoms with Crippen LogP contribution in [0.2, 0.25) is 0 Å². The quantitative estimate of drug-likeness (QED) is 0.458. The highest BCUT2D eigenvalue weighted by atomic mass is 16.6. The van der Waals surface area contributed by atoms with Crippen molar-refractivity contribution in [2.45, 2.75) is 39.0 Å². The van der Waals surface area contributed by atoms with Crippen LogP contribution in [0, 0.1) is 10.1 Å². The molecule has 1 aliphatic rings. The molecule has 0 aromatic heterocycles. The van der Waals surface area contributed by atoms with Crippen LogP contribution < -0.4 is 4.90 Å². The fraction of sp³-hybridized carbons (Fsp3) is 0.467. The van der Waals surface area contributed by atoms with Crippen molar-refractivity contribution >= 4 is 23.1 Å². The first kappa shape index (κ1) is 15.2. The van der Waals surface area contributed by atoms with Crippen molar-refractivity contribution in [3.05, 3.63) is 33.9 Å². The van der Waals surface area contributed by atoms with Crippen molar-refractivity contribution in [3.8, 4) is 0 Å². The van der Waals surface area contributed by atoms with E-state index in [1.165, 1.54) is 6.07 Å². The molecule has 2 rings (SSSR count). The number of Topliss-reactive ketones (excluding diaryl/α,β-unsaturated/α-hetero) is 1. The Bertz CT molecular complexity index is 583. The summed E-state index contributed by atoms with van der Waals surface area (Å²) in [5.41, 5.74) is 1.66. The van der Waals surface area contributed by atoms with E-state index < -0.39 is 4.92 Å². The predicted molar refractivity (Wildman–Crippen MR) is 78.3 cm³/mol. The van der Waals surface area contributed by atoms with E-state index in [1.54, 1.807) is 24.0 Å². The standard InChI is InChI=1S/C15H18N2O4/c1-11(18)4-2-3-9-16-14-7-6-13(17(20)21)10-12(14)5-8-15(16)19/h6-7,10H,2-5,8-9H2,1H3. The van der Waals surface area contributed by atoms with Crippen molar-refractivity contribution < 1.29 is 14.5 Å². The van der Waals surface area contributed by atoms with Gasteiger partial charge in [0.2, 0.25) is 5.91 Å². The molecule has 1 amide bonds. The smallest absolute Gasteiger partial charge is 0.269 e. The Morgan fingerprint density at radius 3 is 2.76 bits per heavy atom. The van der Waals surface area contributed by atoms with Gasteiger partial charge in [0, 0.05) is 37.2 Å². The Hall–Kier alpha value is -2.24. The Kier molecular flexibility index (Phi) is 4.67. The lowest BCUT2D eigenvalue weighted by molar-refractivity contribution is -0.384. The number of nitro groups is 1. The van der Waals surface area contributed by atoms with Gasteiger partial charge in [-0.25, -0.2) is 0 Å². The summed E-state index contributed by atoms with van der Waals surface area (Å²) in [6, 6.07) is 4.62. The highest BCUT2D eigenvalue weighted by Gasteiger charge is 2.25. The van der Waals surface area contributed by atoms with Crippen molar-refractivity contribution in [2.75, 3.05) is 11.4 Å². The lowest BCUT2D eigenvalue weighted by Gasteiger charge is -2.29. The first-order valence-corrected chi connectivity index (χ1v) is 7.06. The minimum absolute atomic E-state index is 0.0409. The average molecular weight is 290 g/mol. The number of amides is 1. The van der Waals surface area contributed by atoms with Gasteiger partial charge in [0.1, 0.15) is 5.78 Å². The third-order valence-electron chi connectivity index (χ3n) is 3.63. The molecule has 1 aromatic carbocycles. The summed E-state index contributed by atoms with van der Waals surface area (Å²) in [7, 11) is 0. The van der Waals surface area contributed by atoms with E-state index in [-0.39, 0.29) is 17.4 Å². The van der Waals surface area contributed by atoms with Crippen LogP contribution in [0.1, 0.15) is 38.2 Å². The van der Waals surface area contributed by atoms with E-state index >= 15 is 0 Å². The van der Waals surface area contributed by atoms with Crippen molar-refractivity contribution in [2.24, 2.45) is 0 Å². The number of nitro benzene ring substituents is 1. The summed E-state index contributed by atoms with van der Waals surface area (Å²) >= 11 is 0. The Balaban J connectivity index is 2.10. The lowest BCUT2D eigenvalue weighted by Crippen LogP contribution is -2.35. The first-order chi connectivity index (χ1) is 9.99. The molecule has 1 aromatic rings. The van der Waals surface area contributed by atoms with E-state index in [9.17, 15) is 19.7 Å². The molecule has 0 radical (unpaired) electrons. The molecule has 0 saturated heterocycles. The number of non-ortho nitro benzene ring substituents is 1. The number of hydrogen-bond acceptors (Lipinski definition) is 4. The van der Waals surface area contributed by atoms with Crippen molar-refractivity contribution in [1.29, 1.82) is 0 Å². The largest absolute Gasteiger partial charge is 0.312 e. The van der Waals surface area contributed by atoms with Gasteiger partial charge in [-0.1, -0.05) is 0 Å². The molecule has 0 atom stereocenters. The number of unbranched alkanes of at least 4 members (excludes halogenated alkanes) is 1. The summed E-state index contributed by atoms with van der Waals surface area (Å²) < 4.78 is 0. The van der Waals surface area contributed by atoms with Crippen LogP contribution in [0.3, 0.4) is 0 Å². The summed E-state index contributed by atoms with van der Waals surface area (Å²) in [6.07, 6.45) is 2.94. The number of carbonyl (C=O) groups excluding carboxylic acids is 2. The van der Waals surface area contributed by atoms with Gasteiger partial charge in [-0.2, -0.15) is 0 Å². The van der Waals surface area contributed by atoms with Crippen LogP contribution in [0.5, 0.6) is 0 Å². The minimum Gasteiger partial charge on any atom is -0.312 e. The molecule has 112 valence electrons. The molecular formula is C15H18N2O4. The fourth-order valence-corrected chi connectivity index (χ4v) is 2.55. The normalized spacial score (nSPS) is 14.0. The van der Waals surface area contributed by atoms with Gasteiger partial charge in [0.15, 0.2) is 0 Å². The van der Waals surface area contributed by atoms with Gasteiger partial charge in [-0.05, 0) is 37.8 Å². The summed E-state index contributed by atoms with van der Waals surface area (Å²) in [4.78, 5) is 35.0. The summed E-state index contributed by atoms with van der Waals surface area (Å²) in [6.45, 7) is 2.11. The van der Waals surface area contributed by atoms with E-state index in [1.807, 2.05) is 0 Å². The maximum Gasteiger partial charge on any atom is 0.269 e. The molecule has 0 unspecified atom stereocenters. The molecule has 1 heterocycles. The zero-order valence-electron chi connectivity index (χ0n) is 12.0. The summed E-state index contributed by atoms with van der Waals surface area (Å²) in [5, 5.41) is 10.8. The number of ketones is 1. The summed E-state index contributed by atoms with van der Waals surface area (Å²) in [5.74, 6) is 0.190. The van der Waals surface area contributed by atoms with Crippen LogP contribution in [0.15, 0.2) is 18.2 Å². The Labute approximate surface area is 122 Å². The van der Waals surface area contributed by atoms with E-state index in [2.05, 4.69) is 0 Å². The van der Waals surface area contributed by atoms with Gasteiger partial charge in [-0.15, -0.1) is 0 Å². The van der Waals surface area contributed by atoms with E-state index in [4.69, 9.17) is 0 Å². The van der Waals surface area contributed by atoms with Crippen molar-refractivity contribution in [1.82, 2.24) is 0 Å². The maximum atomic E-state index is 12.0. The highest BCUT2D eigenvalue weighted by Crippen LogP contribution is 2.31. The van der Waals surface area contributed by atoms with E-state index in [0.717, 1.165) is 24.1 Å². The zero-order valence-corrected chi connectivity index (χ0v) is 12.0. The number of fused-ring (bicyclic) bond motifs is 1. The molecule has 0 spiro atoms. The predicted octanol–water partition coefficient (Wildman–Crippen LogP) is 2.63. The number of rotatable bonds is 6. The molecule has 21 heavy (non-hydrogen) atoms. The number of benzene rings is 1. The second-order valence-corrected chi connectivity index (χ2v) is 5.27. The molecule has 0 saturated carbocycles. The molecule has 1 aliphatic heterocycles. The third kappa shape index (κ3) is 3.65. The second-order valence-electron chi connectivity index (χ2n) is 5.27. The second kappa shape index (κ2) is 6.47. The van der Waals surface area contributed by atoms with Gasteiger partial charge in [0.05, 0.1) is 4.92 Å². The minimum atomic E-state index is -0.423. The molecular weight excluding hydrogens is 272 g/mol. The lowest BCUT2D eigenvalue weighted by atomic mass is 10.00. The van der Waals surface area contributed by atoms with E-state index in [0.29, 0.717) is 25.8 Å². The number of anilines is 1. The number of aryl methyl sites for hydroxylation is 1. The van der Waals surface area contributed by atoms with Crippen LogP contribution in [0.4, 0.5) is 11.4 Å². The number of nitrogens with zero attached hydrogens (tertiary/aromatic N) is 2. The Morgan fingerprint density at radius 1 is 1.33 bits per heavy atom. The average Bonchev–Trinajstić information content (AvgIpc) is 2.44. The molecule has 0 N–H and O–H groups in total.